The maximum absolute atomic E-state index is 2.80. The summed E-state index contributed by atoms with van der Waals surface area (Å²) in [6.07, 6.45) is 11.7. The van der Waals surface area contributed by atoms with E-state index in [-0.39, 0.29) is 0 Å². The summed E-state index contributed by atoms with van der Waals surface area (Å²) in [5.41, 5.74) is 2.15. The molecule has 3 fully saturated rings. The highest BCUT2D eigenvalue weighted by Crippen LogP contribution is 2.46. The molecule has 1 aliphatic carbocycles. The molecule has 0 unspecified atom stereocenters. The minimum atomic E-state index is 0.736. The second kappa shape index (κ2) is 9.96. The zero-order chi connectivity index (χ0) is 19.1. The SMILES string of the molecule is CC.CC1CCC2(CC1)CCN(CC1CCN(c3ccccc3)CC1)CC2. The molecule has 2 aliphatic heterocycles. The van der Waals surface area contributed by atoms with Gasteiger partial charge in [-0.1, -0.05) is 51.8 Å². The van der Waals surface area contributed by atoms with E-state index in [1.165, 1.54) is 89.8 Å². The Hall–Kier alpha value is -1.02. The summed E-state index contributed by atoms with van der Waals surface area (Å²) in [4.78, 5) is 5.37. The second-order valence-electron chi connectivity index (χ2n) is 9.25. The van der Waals surface area contributed by atoms with Crippen LogP contribution in [0.15, 0.2) is 30.3 Å². The number of nitrogens with zero attached hydrogens (tertiary/aromatic N) is 2. The molecule has 1 spiro atoms. The number of hydrogen-bond acceptors (Lipinski definition) is 2. The first kappa shape index (κ1) is 20.7. The van der Waals surface area contributed by atoms with E-state index in [1.54, 1.807) is 0 Å². The van der Waals surface area contributed by atoms with Gasteiger partial charge in [-0.2, -0.15) is 0 Å². The van der Waals surface area contributed by atoms with Gasteiger partial charge in [0.15, 0.2) is 0 Å². The van der Waals surface area contributed by atoms with Crippen LogP contribution in [-0.2, 0) is 0 Å². The molecule has 2 saturated heterocycles. The van der Waals surface area contributed by atoms with E-state index >= 15 is 0 Å². The highest BCUT2D eigenvalue weighted by molar-refractivity contribution is 5.46. The monoisotopic (exact) mass is 370 g/mol. The Morgan fingerprint density at radius 1 is 0.815 bits per heavy atom. The Balaban J connectivity index is 0.00000102. The van der Waals surface area contributed by atoms with Crippen LogP contribution in [0.3, 0.4) is 0 Å². The molecule has 2 nitrogen and oxygen atoms in total. The molecule has 152 valence electrons. The number of rotatable bonds is 3. The standard InChI is InChI=1S/C23H36N2.C2H6/c1-20-7-11-23(12-8-20)13-17-24(18-14-23)19-21-9-15-25(16-10-21)22-5-3-2-4-6-22;1-2/h2-6,20-21H,7-19H2,1H3;1-2H3. The normalized spacial score (nSPS) is 24.5. The first-order valence-corrected chi connectivity index (χ1v) is 11.7. The fraction of sp³-hybridized carbons (Fsp3) is 0.760. The summed E-state index contributed by atoms with van der Waals surface area (Å²) in [5.74, 6) is 1.90. The predicted molar refractivity (Wildman–Crippen MR) is 118 cm³/mol. The van der Waals surface area contributed by atoms with Gasteiger partial charge in [-0.15, -0.1) is 0 Å². The summed E-state index contributed by atoms with van der Waals surface area (Å²) in [7, 11) is 0. The first-order chi connectivity index (χ1) is 13.2. The van der Waals surface area contributed by atoms with Gasteiger partial charge in [-0.05, 0) is 81.0 Å². The second-order valence-corrected chi connectivity index (χ2v) is 9.25. The zero-order valence-electron chi connectivity index (χ0n) is 18.1. The third-order valence-electron chi connectivity index (χ3n) is 7.50. The number of likely N-dealkylation sites (tertiary alicyclic amines) is 1. The molecule has 0 aromatic heterocycles. The van der Waals surface area contributed by atoms with Crippen LogP contribution >= 0.6 is 0 Å². The lowest BCUT2D eigenvalue weighted by molar-refractivity contribution is 0.0462. The highest BCUT2D eigenvalue weighted by atomic mass is 15.2. The van der Waals surface area contributed by atoms with Gasteiger partial charge in [0.2, 0.25) is 0 Å². The smallest absolute Gasteiger partial charge is 0.0366 e. The lowest BCUT2D eigenvalue weighted by Gasteiger charge is -2.46. The minimum Gasteiger partial charge on any atom is -0.372 e. The first-order valence-electron chi connectivity index (χ1n) is 11.7. The third-order valence-corrected chi connectivity index (χ3v) is 7.50. The van der Waals surface area contributed by atoms with Crippen molar-refractivity contribution in [3.05, 3.63) is 30.3 Å². The van der Waals surface area contributed by atoms with E-state index in [0.29, 0.717) is 0 Å². The van der Waals surface area contributed by atoms with E-state index < -0.39 is 0 Å². The molecule has 2 heteroatoms. The molecule has 1 aromatic rings. The Kier molecular flexibility index (Phi) is 7.64. The Morgan fingerprint density at radius 2 is 1.41 bits per heavy atom. The maximum Gasteiger partial charge on any atom is 0.0366 e. The van der Waals surface area contributed by atoms with Crippen molar-refractivity contribution >= 4 is 5.69 Å². The summed E-state index contributed by atoms with van der Waals surface area (Å²) >= 11 is 0. The molecule has 0 radical (unpaired) electrons. The molecule has 1 saturated carbocycles. The molecule has 0 atom stereocenters. The molecule has 3 aliphatic rings. The zero-order valence-corrected chi connectivity index (χ0v) is 18.1. The molecular weight excluding hydrogens is 328 g/mol. The van der Waals surface area contributed by atoms with Crippen LogP contribution < -0.4 is 4.90 Å². The van der Waals surface area contributed by atoms with Crippen molar-refractivity contribution in [1.29, 1.82) is 0 Å². The van der Waals surface area contributed by atoms with Crippen LogP contribution in [0.5, 0.6) is 0 Å². The van der Waals surface area contributed by atoms with Gasteiger partial charge in [-0.25, -0.2) is 0 Å². The summed E-state index contributed by atoms with van der Waals surface area (Å²) in [6.45, 7) is 13.0. The number of anilines is 1. The molecule has 0 amide bonds. The van der Waals surface area contributed by atoms with Crippen LogP contribution in [0.25, 0.3) is 0 Å². The third kappa shape index (κ3) is 5.50. The lowest BCUT2D eigenvalue weighted by Crippen LogP contribution is -2.45. The number of para-hydroxylation sites is 1. The van der Waals surface area contributed by atoms with E-state index in [9.17, 15) is 0 Å². The Bertz CT molecular complexity index is 515. The molecule has 0 N–H and O–H groups in total. The van der Waals surface area contributed by atoms with Gasteiger partial charge < -0.3 is 9.80 Å². The molecule has 1 aromatic carbocycles. The summed E-state index contributed by atoms with van der Waals surface area (Å²) < 4.78 is 0. The van der Waals surface area contributed by atoms with Gasteiger partial charge >= 0.3 is 0 Å². The van der Waals surface area contributed by atoms with Gasteiger partial charge in [0, 0.05) is 25.3 Å². The number of benzene rings is 1. The quantitative estimate of drug-likeness (QED) is 0.623. The van der Waals surface area contributed by atoms with E-state index in [0.717, 1.165) is 17.3 Å². The molecular formula is C25H42N2. The van der Waals surface area contributed by atoms with Crippen LogP contribution in [0.2, 0.25) is 0 Å². The summed E-state index contributed by atoms with van der Waals surface area (Å²) in [6, 6.07) is 11.0. The summed E-state index contributed by atoms with van der Waals surface area (Å²) in [5, 5.41) is 0. The van der Waals surface area contributed by atoms with Crippen molar-refractivity contribution in [1.82, 2.24) is 4.90 Å². The largest absolute Gasteiger partial charge is 0.372 e. The van der Waals surface area contributed by atoms with Crippen molar-refractivity contribution in [2.24, 2.45) is 17.3 Å². The van der Waals surface area contributed by atoms with E-state index in [2.05, 4.69) is 47.1 Å². The lowest BCUT2D eigenvalue weighted by atomic mass is 9.66. The molecule has 4 rings (SSSR count). The Labute approximate surface area is 168 Å². The van der Waals surface area contributed by atoms with Crippen molar-refractivity contribution in [3.63, 3.8) is 0 Å². The topological polar surface area (TPSA) is 6.48 Å². The average molecular weight is 371 g/mol. The van der Waals surface area contributed by atoms with Gasteiger partial charge in [0.25, 0.3) is 0 Å². The molecule has 2 heterocycles. The van der Waals surface area contributed by atoms with E-state index in [4.69, 9.17) is 0 Å². The molecule has 0 bridgehead atoms. The highest BCUT2D eigenvalue weighted by Gasteiger charge is 2.37. The van der Waals surface area contributed by atoms with Crippen molar-refractivity contribution < 1.29 is 0 Å². The average Bonchev–Trinajstić information content (AvgIpc) is 2.75. The van der Waals surface area contributed by atoms with Gasteiger partial charge in [0.1, 0.15) is 0 Å². The molecule has 27 heavy (non-hydrogen) atoms. The van der Waals surface area contributed by atoms with Gasteiger partial charge in [-0.3, -0.25) is 0 Å². The number of piperidine rings is 2. The van der Waals surface area contributed by atoms with E-state index in [1.807, 2.05) is 13.8 Å². The number of hydrogen-bond donors (Lipinski definition) is 0. The maximum atomic E-state index is 2.80. The fourth-order valence-electron chi connectivity index (χ4n) is 5.46. The minimum absolute atomic E-state index is 0.736. The predicted octanol–water partition coefficient (Wildman–Crippen LogP) is 6.22. The van der Waals surface area contributed by atoms with Crippen LogP contribution in [0, 0.1) is 17.3 Å². The van der Waals surface area contributed by atoms with Crippen LogP contribution in [0.4, 0.5) is 5.69 Å². The van der Waals surface area contributed by atoms with Crippen molar-refractivity contribution in [2.75, 3.05) is 37.6 Å². The van der Waals surface area contributed by atoms with Crippen LogP contribution in [-0.4, -0.2) is 37.6 Å². The fourth-order valence-corrected chi connectivity index (χ4v) is 5.46. The van der Waals surface area contributed by atoms with Gasteiger partial charge in [0.05, 0.1) is 0 Å². The van der Waals surface area contributed by atoms with Crippen molar-refractivity contribution in [2.45, 2.75) is 72.1 Å². The van der Waals surface area contributed by atoms with Crippen LogP contribution in [0.1, 0.15) is 72.1 Å². The van der Waals surface area contributed by atoms with Crippen molar-refractivity contribution in [3.8, 4) is 0 Å². The Morgan fingerprint density at radius 3 is 2.00 bits per heavy atom.